The Balaban J connectivity index is 1.74. The van der Waals surface area contributed by atoms with Gasteiger partial charge < -0.3 is 9.63 Å². The Morgan fingerprint density at radius 3 is 3.05 bits per heavy atom. The highest BCUT2D eigenvalue weighted by atomic mass is 35.5. The molecule has 2 heterocycles. The zero-order valence-electron chi connectivity index (χ0n) is 11.5. The van der Waals surface area contributed by atoms with Gasteiger partial charge in [0.1, 0.15) is 5.82 Å². The minimum absolute atomic E-state index is 0.106. The van der Waals surface area contributed by atoms with Crippen LogP contribution in [0.4, 0.5) is 4.39 Å². The second kappa shape index (κ2) is 5.36. The molecule has 0 radical (unpaired) electrons. The summed E-state index contributed by atoms with van der Waals surface area (Å²) in [5.41, 5.74) is -0.662. The molecule has 1 aliphatic heterocycles. The number of nitrogens with zero attached hydrogens (tertiary/aromatic N) is 3. The third kappa shape index (κ3) is 2.79. The van der Waals surface area contributed by atoms with Crippen molar-refractivity contribution < 1.29 is 14.0 Å². The van der Waals surface area contributed by atoms with E-state index in [2.05, 4.69) is 10.1 Å². The van der Waals surface area contributed by atoms with Crippen LogP contribution in [-0.4, -0.2) is 33.2 Å². The Kier molecular flexibility index (Phi) is 3.69. The van der Waals surface area contributed by atoms with E-state index in [1.807, 2.05) is 4.90 Å². The smallest absolute Gasteiger partial charge is 0.259 e. The third-order valence-electron chi connectivity index (χ3n) is 3.68. The van der Waals surface area contributed by atoms with Crippen LogP contribution < -0.4 is 0 Å². The number of hydrogen-bond acceptors (Lipinski definition) is 5. The average Bonchev–Trinajstić information content (AvgIpc) is 3.03. The number of halogens is 2. The molecule has 1 aromatic carbocycles. The molecule has 0 spiro atoms. The van der Waals surface area contributed by atoms with Crippen LogP contribution in [0.3, 0.4) is 0 Å². The van der Waals surface area contributed by atoms with Crippen LogP contribution in [0.25, 0.3) is 0 Å². The maximum atomic E-state index is 13.9. The van der Waals surface area contributed by atoms with Crippen molar-refractivity contribution in [2.75, 3.05) is 13.1 Å². The Morgan fingerprint density at radius 2 is 2.33 bits per heavy atom. The molecule has 5 nitrogen and oxygen atoms in total. The molecule has 3 rings (SSSR count). The SMILES string of the molecule is Cc1noc([C@]2(O)CCN(Cc3cccc(Cl)c3F)C2)n1. The summed E-state index contributed by atoms with van der Waals surface area (Å²) in [6.07, 6.45) is 0.469. The van der Waals surface area contributed by atoms with Crippen molar-refractivity contribution >= 4 is 11.6 Å². The zero-order valence-corrected chi connectivity index (χ0v) is 12.3. The Hall–Kier alpha value is -1.50. The lowest BCUT2D eigenvalue weighted by Crippen LogP contribution is -2.31. The van der Waals surface area contributed by atoms with Crippen LogP contribution in [0.1, 0.15) is 23.7 Å². The first kappa shape index (κ1) is 14.4. The van der Waals surface area contributed by atoms with Crippen molar-refractivity contribution in [1.29, 1.82) is 0 Å². The van der Waals surface area contributed by atoms with Crippen LogP contribution in [0.15, 0.2) is 22.7 Å². The van der Waals surface area contributed by atoms with Gasteiger partial charge in [0.25, 0.3) is 5.89 Å². The molecule has 1 N–H and O–H groups in total. The lowest BCUT2D eigenvalue weighted by atomic mass is 10.0. The highest BCUT2D eigenvalue weighted by Crippen LogP contribution is 2.32. The van der Waals surface area contributed by atoms with Crippen LogP contribution in [-0.2, 0) is 12.1 Å². The summed E-state index contributed by atoms with van der Waals surface area (Å²) < 4.78 is 19.0. The van der Waals surface area contributed by atoms with Crippen molar-refractivity contribution in [3.05, 3.63) is 46.3 Å². The number of aliphatic hydroxyl groups is 1. The van der Waals surface area contributed by atoms with Gasteiger partial charge >= 0.3 is 0 Å². The minimum atomic E-state index is -1.17. The Bertz CT molecular complexity index is 663. The normalized spacial score (nSPS) is 22.9. The summed E-state index contributed by atoms with van der Waals surface area (Å²) in [4.78, 5) is 6.03. The van der Waals surface area contributed by atoms with Crippen molar-refractivity contribution in [2.24, 2.45) is 0 Å². The molecule has 1 fully saturated rings. The van der Waals surface area contributed by atoms with Crippen molar-refractivity contribution in [3.63, 3.8) is 0 Å². The summed E-state index contributed by atoms with van der Waals surface area (Å²) in [6.45, 7) is 3.01. The first-order chi connectivity index (χ1) is 9.98. The Morgan fingerprint density at radius 1 is 1.52 bits per heavy atom. The third-order valence-corrected chi connectivity index (χ3v) is 3.97. The van der Waals surface area contributed by atoms with Crippen LogP contribution in [0, 0.1) is 12.7 Å². The molecule has 21 heavy (non-hydrogen) atoms. The monoisotopic (exact) mass is 311 g/mol. The molecular formula is C14H15ClFN3O2. The number of aryl methyl sites for hydroxylation is 1. The molecule has 1 aromatic heterocycles. The van der Waals surface area contributed by atoms with Gasteiger partial charge in [0.05, 0.1) is 5.02 Å². The maximum absolute atomic E-state index is 13.9. The van der Waals surface area contributed by atoms with E-state index in [9.17, 15) is 9.50 Å². The summed E-state index contributed by atoms with van der Waals surface area (Å²) in [7, 11) is 0. The quantitative estimate of drug-likeness (QED) is 0.942. The van der Waals surface area contributed by atoms with Gasteiger partial charge in [0.2, 0.25) is 0 Å². The number of likely N-dealkylation sites (tertiary alicyclic amines) is 1. The predicted octanol–water partition coefficient (Wildman–Crippen LogP) is 2.26. The van der Waals surface area contributed by atoms with Crippen molar-refractivity contribution in [1.82, 2.24) is 15.0 Å². The predicted molar refractivity (Wildman–Crippen MR) is 74.2 cm³/mol. The molecule has 2 aromatic rings. The van der Waals surface area contributed by atoms with E-state index < -0.39 is 11.4 Å². The van der Waals surface area contributed by atoms with Crippen LogP contribution in [0.2, 0.25) is 5.02 Å². The fraction of sp³-hybridized carbons (Fsp3) is 0.429. The minimum Gasteiger partial charge on any atom is -0.379 e. The standard InChI is InChI=1S/C14H15ClFN3O2/c1-9-17-13(21-18-9)14(20)5-6-19(8-14)7-10-3-2-4-11(15)12(10)16/h2-4,20H,5-8H2,1H3/t14-/m0/s1. The molecule has 1 saturated heterocycles. The highest BCUT2D eigenvalue weighted by molar-refractivity contribution is 6.30. The van der Waals surface area contributed by atoms with Crippen LogP contribution >= 0.6 is 11.6 Å². The van der Waals surface area contributed by atoms with Gasteiger partial charge in [-0.3, -0.25) is 4.90 Å². The molecule has 0 saturated carbocycles. The fourth-order valence-corrected chi connectivity index (χ4v) is 2.77. The molecule has 0 amide bonds. The van der Waals surface area contributed by atoms with E-state index in [1.165, 1.54) is 6.07 Å². The van der Waals surface area contributed by atoms with E-state index in [1.54, 1.807) is 19.1 Å². The second-order valence-electron chi connectivity index (χ2n) is 5.35. The molecule has 112 valence electrons. The van der Waals surface area contributed by atoms with Crippen LogP contribution in [0.5, 0.6) is 0 Å². The van der Waals surface area contributed by atoms with E-state index in [-0.39, 0.29) is 10.9 Å². The number of rotatable bonds is 3. The molecule has 1 atom stereocenters. The maximum Gasteiger partial charge on any atom is 0.259 e. The summed E-state index contributed by atoms with van der Waals surface area (Å²) in [5, 5.41) is 14.4. The average molecular weight is 312 g/mol. The Labute approximate surface area is 126 Å². The lowest BCUT2D eigenvalue weighted by Gasteiger charge is -2.20. The summed E-state index contributed by atoms with van der Waals surface area (Å²) in [5.74, 6) is 0.287. The largest absolute Gasteiger partial charge is 0.379 e. The second-order valence-corrected chi connectivity index (χ2v) is 5.76. The van der Waals surface area contributed by atoms with E-state index in [0.29, 0.717) is 37.4 Å². The van der Waals surface area contributed by atoms with Gasteiger partial charge in [-0.25, -0.2) is 4.39 Å². The van der Waals surface area contributed by atoms with Crippen molar-refractivity contribution in [3.8, 4) is 0 Å². The first-order valence-corrected chi connectivity index (χ1v) is 7.04. The molecule has 7 heteroatoms. The van der Waals surface area contributed by atoms with E-state index >= 15 is 0 Å². The zero-order chi connectivity index (χ0) is 15.0. The van der Waals surface area contributed by atoms with Crippen molar-refractivity contribution in [2.45, 2.75) is 25.5 Å². The molecule has 0 aliphatic carbocycles. The summed E-state index contributed by atoms with van der Waals surface area (Å²) in [6, 6.07) is 4.92. The van der Waals surface area contributed by atoms with Gasteiger partial charge in [-0.15, -0.1) is 0 Å². The fourth-order valence-electron chi connectivity index (χ4n) is 2.58. The highest BCUT2D eigenvalue weighted by Gasteiger charge is 2.42. The van der Waals surface area contributed by atoms with Gasteiger partial charge in [-0.2, -0.15) is 4.98 Å². The number of aromatic nitrogens is 2. The topological polar surface area (TPSA) is 62.4 Å². The van der Waals surface area contributed by atoms with Gasteiger partial charge in [-0.1, -0.05) is 28.9 Å². The first-order valence-electron chi connectivity index (χ1n) is 6.66. The van der Waals surface area contributed by atoms with Gasteiger partial charge in [0, 0.05) is 25.2 Å². The number of hydrogen-bond donors (Lipinski definition) is 1. The lowest BCUT2D eigenvalue weighted by molar-refractivity contribution is 0.0130. The number of benzene rings is 1. The molecule has 0 bridgehead atoms. The van der Waals surface area contributed by atoms with Gasteiger partial charge in [0.15, 0.2) is 11.4 Å². The summed E-state index contributed by atoms with van der Waals surface area (Å²) >= 11 is 5.78. The van der Waals surface area contributed by atoms with E-state index in [4.69, 9.17) is 16.1 Å². The van der Waals surface area contributed by atoms with Gasteiger partial charge in [-0.05, 0) is 19.4 Å². The molecule has 1 aliphatic rings. The van der Waals surface area contributed by atoms with E-state index in [0.717, 1.165) is 0 Å². The molecule has 0 unspecified atom stereocenters. The number of β-amino-alcohol motifs (C(OH)–C–C–N with tert-alkyl or cyclic N) is 1. The molecular weight excluding hydrogens is 297 g/mol.